The van der Waals surface area contributed by atoms with Crippen LogP contribution in [0.3, 0.4) is 0 Å². The van der Waals surface area contributed by atoms with Gasteiger partial charge in [0.15, 0.2) is 0 Å². The second-order valence-electron chi connectivity index (χ2n) is 9.64. The summed E-state index contributed by atoms with van der Waals surface area (Å²) in [6.07, 6.45) is 2.94. The molecule has 0 aromatic heterocycles. The van der Waals surface area contributed by atoms with Gasteiger partial charge in [-0.1, -0.05) is 32.0 Å². The highest BCUT2D eigenvalue weighted by atomic mass is 35.5. The van der Waals surface area contributed by atoms with Crippen LogP contribution in [0.2, 0.25) is 0 Å². The first-order valence-corrected chi connectivity index (χ1v) is 12.5. The predicted octanol–water partition coefficient (Wildman–Crippen LogP) is 5.57. The van der Waals surface area contributed by atoms with Crippen molar-refractivity contribution in [2.24, 2.45) is 11.8 Å². The molecule has 1 atom stereocenters. The number of halogens is 3. The smallest absolute Gasteiger partial charge is 0.220 e. The van der Waals surface area contributed by atoms with Gasteiger partial charge in [-0.05, 0) is 74.0 Å². The number of hydrogen-bond acceptors (Lipinski definition) is 4. The van der Waals surface area contributed by atoms with Gasteiger partial charge in [-0.2, -0.15) is 0 Å². The van der Waals surface area contributed by atoms with E-state index in [1.165, 1.54) is 18.2 Å². The van der Waals surface area contributed by atoms with Crippen molar-refractivity contribution >= 4 is 18.3 Å². The van der Waals surface area contributed by atoms with Gasteiger partial charge in [0.2, 0.25) is 5.91 Å². The fraction of sp³-hybridized carbons (Fsp3) is 0.536. The van der Waals surface area contributed by atoms with E-state index in [-0.39, 0.29) is 41.9 Å². The van der Waals surface area contributed by atoms with E-state index in [1.807, 2.05) is 0 Å². The summed E-state index contributed by atoms with van der Waals surface area (Å²) in [5.41, 5.74) is 1.52. The molecule has 200 valence electrons. The minimum absolute atomic E-state index is 0. The molecule has 1 fully saturated rings. The Bertz CT molecular complexity index is 935. The standard InChI is InChI=1S/C28H38F2N2O3.ClH/c1-20(2)28(22-7-9-23(29)10-8-22)31-27(33)19-21-11-14-32(15-12-21)16-13-24-25(30)5-4-6-26(24)35-18-17-34-3;/h4-10,20-21,28H,11-19H2,1-3H3,(H,31,33);1H/t28-;/m1./s1. The summed E-state index contributed by atoms with van der Waals surface area (Å²) >= 11 is 0. The first-order valence-electron chi connectivity index (χ1n) is 12.5. The van der Waals surface area contributed by atoms with Crippen LogP contribution in [-0.4, -0.2) is 50.8 Å². The summed E-state index contributed by atoms with van der Waals surface area (Å²) in [4.78, 5) is 15.1. The molecule has 0 unspecified atom stereocenters. The molecule has 2 aromatic carbocycles. The molecule has 0 aliphatic carbocycles. The third-order valence-corrected chi connectivity index (χ3v) is 6.69. The molecule has 36 heavy (non-hydrogen) atoms. The third kappa shape index (κ3) is 9.02. The SMILES string of the molecule is COCCOc1cccc(F)c1CCN1CCC(CC(=O)N[C@@H](c2ccc(F)cc2)C(C)C)CC1.Cl. The van der Waals surface area contributed by atoms with Crippen LogP contribution < -0.4 is 10.1 Å². The lowest BCUT2D eigenvalue weighted by molar-refractivity contribution is -0.123. The minimum atomic E-state index is -0.279. The zero-order valence-electron chi connectivity index (χ0n) is 21.5. The van der Waals surface area contributed by atoms with Gasteiger partial charge in [0, 0.05) is 25.6 Å². The fourth-order valence-electron chi connectivity index (χ4n) is 4.64. The molecule has 3 rings (SSSR count). The second-order valence-corrected chi connectivity index (χ2v) is 9.64. The number of benzene rings is 2. The first kappa shape index (κ1) is 30.0. The van der Waals surface area contributed by atoms with Gasteiger partial charge in [-0.15, -0.1) is 12.4 Å². The van der Waals surface area contributed by atoms with Crippen LogP contribution in [0.5, 0.6) is 5.75 Å². The highest BCUT2D eigenvalue weighted by Crippen LogP contribution is 2.26. The van der Waals surface area contributed by atoms with Gasteiger partial charge in [0.1, 0.15) is 24.0 Å². The van der Waals surface area contributed by atoms with Crippen molar-refractivity contribution in [3.63, 3.8) is 0 Å². The van der Waals surface area contributed by atoms with Crippen LogP contribution in [0, 0.1) is 23.5 Å². The number of rotatable bonds is 12. The van der Waals surface area contributed by atoms with E-state index in [0.717, 1.165) is 38.0 Å². The summed E-state index contributed by atoms with van der Waals surface area (Å²) in [7, 11) is 1.61. The number of nitrogens with one attached hydrogen (secondary N) is 1. The van der Waals surface area contributed by atoms with Crippen molar-refractivity contribution in [2.45, 2.75) is 45.6 Å². The molecule has 8 heteroatoms. The number of amides is 1. The molecule has 0 radical (unpaired) electrons. The van der Waals surface area contributed by atoms with E-state index >= 15 is 0 Å². The number of methoxy groups -OCH3 is 1. The number of hydrogen-bond donors (Lipinski definition) is 1. The van der Waals surface area contributed by atoms with Crippen molar-refractivity contribution in [2.75, 3.05) is 40.0 Å². The third-order valence-electron chi connectivity index (χ3n) is 6.69. The average molecular weight is 525 g/mol. The Morgan fingerprint density at radius 1 is 1.08 bits per heavy atom. The number of ether oxygens (including phenoxy) is 2. The van der Waals surface area contributed by atoms with Crippen molar-refractivity contribution < 1.29 is 23.0 Å². The lowest BCUT2D eigenvalue weighted by atomic mass is 9.91. The number of nitrogens with zero attached hydrogens (tertiary/aromatic N) is 1. The zero-order chi connectivity index (χ0) is 25.2. The number of carbonyl (C=O) groups excluding carboxylic acids is 1. The van der Waals surface area contributed by atoms with E-state index in [1.54, 1.807) is 31.4 Å². The molecule has 1 N–H and O–H groups in total. The van der Waals surface area contributed by atoms with Crippen LogP contribution in [0.1, 0.15) is 50.3 Å². The van der Waals surface area contributed by atoms with E-state index in [2.05, 4.69) is 24.1 Å². The summed E-state index contributed by atoms with van der Waals surface area (Å²) in [5, 5.41) is 3.15. The molecule has 5 nitrogen and oxygen atoms in total. The zero-order valence-corrected chi connectivity index (χ0v) is 22.3. The molecule has 1 heterocycles. The molecule has 1 aliphatic heterocycles. The molecule has 1 amide bonds. The largest absolute Gasteiger partial charge is 0.491 e. The van der Waals surface area contributed by atoms with E-state index < -0.39 is 0 Å². The van der Waals surface area contributed by atoms with Crippen molar-refractivity contribution in [3.8, 4) is 5.75 Å². The maximum absolute atomic E-state index is 14.4. The van der Waals surface area contributed by atoms with E-state index in [9.17, 15) is 13.6 Å². The van der Waals surface area contributed by atoms with Crippen molar-refractivity contribution in [3.05, 3.63) is 65.2 Å². The normalized spacial score (nSPS) is 15.4. The van der Waals surface area contributed by atoms with Crippen molar-refractivity contribution in [1.82, 2.24) is 10.2 Å². The maximum atomic E-state index is 14.4. The van der Waals surface area contributed by atoms with Gasteiger partial charge in [0.05, 0.1) is 12.6 Å². The molecule has 0 bridgehead atoms. The van der Waals surface area contributed by atoms with Crippen LogP contribution in [-0.2, 0) is 16.0 Å². The summed E-state index contributed by atoms with van der Waals surface area (Å²) in [6, 6.07) is 11.1. The lowest BCUT2D eigenvalue weighted by Crippen LogP contribution is -2.38. The molecular formula is C28H39ClF2N2O3. The minimum Gasteiger partial charge on any atom is -0.491 e. The monoisotopic (exact) mass is 524 g/mol. The highest BCUT2D eigenvalue weighted by molar-refractivity contribution is 5.85. The van der Waals surface area contributed by atoms with Crippen LogP contribution >= 0.6 is 12.4 Å². The fourth-order valence-corrected chi connectivity index (χ4v) is 4.64. The Labute approximate surface area is 220 Å². The van der Waals surface area contributed by atoms with E-state index in [4.69, 9.17) is 9.47 Å². The Kier molecular flexibility index (Phi) is 12.6. The average Bonchev–Trinajstić information content (AvgIpc) is 2.84. The molecule has 2 aromatic rings. The number of carbonyl (C=O) groups is 1. The first-order chi connectivity index (χ1) is 16.9. The Balaban J connectivity index is 0.00000456. The highest BCUT2D eigenvalue weighted by Gasteiger charge is 2.24. The quantitative estimate of drug-likeness (QED) is 0.369. The molecule has 0 spiro atoms. The van der Waals surface area contributed by atoms with Crippen LogP contribution in [0.4, 0.5) is 8.78 Å². The van der Waals surface area contributed by atoms with Crippen LogP contribution in [0.25, 0.3) is 0 Å². The number of piperidine rings is 1. The van der Waals surface area contributed by atoms with E-state index in [0.29, 0.717) is 43.3 Å². The number of likely N-dealkylation sites (tertiary alicyclic amines) is 1. The molecule has 1 saturated heterocycles. The van der Waals surface area contributed by atoms with Crippen LogP contribution in [0.15, 0.2) is 42.5 Å². The molecule has 1 aliphatic rings. The van der Waals surface area contributed by atoms with Gasteiger partial charge in [0.25, 0.3) is 0 Å². The predicted molar refractivity (Wildman–Crippen MR) is 141 cm³/mol. The molecular weight excluding hydrogens is 486 g/mol. The summed E-state index contributed by atoms with van der Waals surface area (Å²) in [5.74, 6) is 0.623. The molecule has 0 saturated carbocycles. The van der Waals surface area contributed by atoms with Crippen molar-refractivity contribution in [1.29, 1.82) is 0 Å². The van der Waals surface area contributed by atoms with Gasteiger partial charge in [-0.25, -0.2) is 8.78 Å². The summed E-state index contributed by atoms with van der Waals surface area (Å²) in [6.45, 7) is 7.47. The van der Waals surface area contributed by atoms with Gasteiger partial charge in [-0.3, -0.25) is 4.79 Å². The van der Waals surface area contributed by atoms with Gasteiger partial charge >= 0.3 is 0 Å². The lowest BCUT2D eigenvalue weighted by Gasteiger charge is -2.32. The Hall–Kier alpha value is -2.22. The topological polar surface area (TPSA) is 50.8 Å². The van der Waals surface area contributed by atoms with Gasteiger partial charge < -0.3 is 19.7 Å². The second kappa shape index (κ2) is 15.1. The summed E-state index contributed by atoms with van der Waals surface area (Å²) < 4.78 is 38.4. The maximum Gasteiger partial charge on any atom is 0.220 e. The Morgan fingerprint density at radius 3 is 2.42 bits per heavy atom. The Morgan fingerprint density at radius 2 is 1.78 bits per heavy atom.